The summed E-state index contributed by atoms with van der Waals surface area (Å²) in [5.74, 6) is 0.411. The molecule has 0 radical (unpaired) electrons. The van der Waals surface area contributed by atoms with Crippen LogP contribution in [0.2, 0.25) is 0 Å². The van der Waals surface area contributed by atoms with E-state index in [2.05, 4.69) is 10.0 Å². The van der Waals surface area contributed by atoms with Gasteiger partial charge in [-0.15, -0.1) is 0 Å². The van der Waals surface area contributed by atoms with Crippen molar-refractivity contribution in [2.75, 3.05) is 6.54 Å². The Labute approximate surface area is 177 Å². The molecular weight excluding hydrogens is 400 g/mol. The van der Waals surface area contributed by atoms with Gasteiger partial charge in [-0.05, 0) is 35.9 Å². The van der Waals surface area contributed by atoms with E-state index < -0.39 is 10.0 Å². The number of hydrogen-bond acceptors (Lipinski definition) is 4. The van der Waals surface area contributed by atoms with Crippen LogP contribution in [0.25, 0.3) is 0 Å². The monoisotopic (exact) mass is 424 g/mol. The quantitative estimate of drug-likeness (QED) is 0.551. The van der Waals surface area contributed by atoms with Gasteiger partial charge in [0.1, 0.15) is 12.4 Å². The molecule has 0 spiro atoms. The average molecular weight is 425 g/mol. The van der Waals surface area contributed by atoms with Crippen molar-refractivity contribution < 1.29 is 17.9 Å². The fourth-order valence-corrected chi connectivity index (χ4v) is 3.90. The third-order valence-corrected chi connectivity index (χ3v) is 5.97. The Kier molecular flexibility index (Phi) is 7.21. The Morgan fingerprint density at radius 3 is 2.27 bits per heavy atom. The van der Waals surface area contributed by atoms with E-state index in [9.17, 15) is 13.2 Å². The van der Waals surface area contributed by atoms with Gasteiger partial charge in [-0.25, -0.2) is 13.1 Å². The minimum atomic E-state index is -3.54. The second kappa shape index (κ2) is 10.0. The van der Waals surface area contributed by atoms with Gasteiger partial charge in [0.25, 0.3) is 5.91 Å². The van der Waals surface area contributed by atoms with Crippen LogP contribution in [-0.4, -0.2) is 20.9 Å². The second-order valence-corrected chi connectivity index (χ2v) is 8.36. The van der Waals surface area contributed by atoms with Crippen LogP contribution in [0.1, 0.15) is 28.4 Å². The molecule has 3 rings (SSSR count). The van der Waals surface area contributed by atoms with E-state index in [1.165, 1.54) is 24.3 Å². The van der Waals surface area contributed by atoms with E-state index in [0.29, 0.717) is 31.0 Å². The predicted octanol–water partition coefficient (Wildman–Crippen LogP) is 3.49. The highest BCUT2D eigenvalue weighted by molar-refractivity contribution is 7.89. The molecule has 0 aromatic heterocycles. The average Bonchev–Trinajstić information content (AvgIpc) is 2.77. The van der Waals surface area contributed by atoms with Crippen molar-refractivity contribution in [3.8, 4) is 5.75 Å². The Bertz CT molecular complexity index is 1080. The standard InChI is InChI=1S/C23H24N2O4S/c1-2-25-30(27,28)21-14-12-19(13-15-21)23(26)24-16-20-10-6-7-11-22(20)29-17-18-8-4-3-5-9-18/h3-15,25H,2,16-17H2,1H3,(H,24,26). The molecule has 6 nitrogen and oxygen atoms in total. The lowest BCUT2D eigenvalue weighted by atomic mass is 10.1. The van der Waals surface area contributed by atoms with Crippen molar-refractivity contribution in [3.63, 3.8) is 0 Å². The number of rotatable bonds is 9. The van der Waals surface area contributed by atoms with Crippen LogP contribution < -0.4 is 14.8 Å². The molecule has 0 atom stereocenters. The van der Waals surface area contributed by atoms with Gasteiger partial charge in [0.05, 0.1) is 4.90 Å². The maximum atomic E-state index is 12.5. The SMILES string of the molecule is CCNS(=O)(=O)c1ccc(C(=O)NCc2ccccc2OCc2ccccc2)cc1. The molecule has 2 N–H and O–H groups in total. The van der Waals surface area contributed by atoms with E-state index in [1.807, 2.05) is 54.6 Å². The van der Waals surface area contributed by atoms with Gasteiger partial charge < -0.3 is 10.1 Å². The van der Waals surface area contributed by atoms with E-state index in [-0.39, 0.29) is 10.8 Å². The Morgan fingerprint density at radius 1 is 0.900 bits per heavy atom. The molecule has 30 heavy (non-hydrogen) atoms. The fourth-order valence-electron chi connectivity index (χ4n) is 2.86. The number of carbonyl (C=O) groups is 1. The molecule has 0 heterocycles. The van der Waals surface area contributed by atoms with Crippen LogP contribution in [0.4, 0.5) is 0 Å². The lowest BCUT2D eigenvalue weighted by molar-refractivity contribution is 0.0950. The number of carbonyl (C=O) groups excluding carboxylic acids is 1. The van der Waals surface area contributed by atoms with Gasteiger partial charge in [-0.2, -0.15) is 0 Å². The summed E-state index contributed by atoms with van der Waals surface area (Å²) in [5, 5.41) is 2.85. The number of para-hydroxylation sites is 1. The van der Waals surface area contributed by atoms with Crippen molar-refractivity contribution in [1.82, 2.24) is 10.0 Å². The molecule has 0 aliphatic heterocycles. The third-order valence-electron chi connectivity index (χ3n) is 4.41. The molecule has 3 aromatic carbocycles. The first-order valence-electron chi connectivity index (χ1n) is 9.62. The van der Waals surface area contributed by atoms with Crippen LogP contribution in [0.3, 0.4) is 0 Å². The fraction of sp³-hybridized carbons (Fsp3) is 0.174. The van der Waals surface area contributed by atoms with Crippen molar-refractivity contribution in [1.29, 1.82) is 0 Å². The molecular formula is C23H24N2O4S. The summed E-state index contributed by atoms with van der Waals surface area (Å²) in [7, 11) is -3.54. The van der Waals surface area contributed by atoms with Crippen LogP contribution in [0.5, 0.6) is 5.75 Å². The number of benzene rings is 3. The largest absolute Gasteiger partial charge is 0.489 e. The summed E-state index contributed by atoms with van der Waals surface area (Å²) in [6.45, 7) is 2.74. The van der Waals surface area contributed by atoms with Crippen LogP contribution in [0, 0.1) is 0 Å². The molecule has 156 valence electrons. The topological polar surface area (TPSA) is 84.5 Å². The number of sulfonamides is 1. The van der Waals surface area contributed by atoms with Crippen LogP contribution in [0.15, 0.2) is 83.8 Å². The highest BCUT2D eigenvalue weighted by Gasteiger charge is 2.14. The van der Waals surface area contributed by atoms with E-state index in [0.717, 1.165) is 11.1 Å². The van der Waals surface area contributed by atoms with Crippen LogP contribution >= 0.6 is 0 Å². The molecule has 0 saturated heterocycles. The summed E-state index contributed by atoms with van der Waals surface area (Å²) >= 11 is 0. The van der Waals surface area contributed by atoms with E-state index >= 15 is 0 Å². The molecule has 0 aliphatic rings. The first-order valence-corrected chi connectivity index (χ1v) is 11.1. The first-order chi connectivity index (χ1) is 14.5. The Hall–Kier alpha value is -3.16. The highest BCUT2D eigenvalue weighted by Crippen LogP contribution is 2.19. The lowest BCUT2D eigenvalue weighted by Gasteiger charge is -2.12. The molecule has 0 saturated carbocycles. The zero-order valence-electron chi connectivity index (χ0n) is 16.7. The molecule has 1 amide bonds. The van der Waals surface area contributed by atoms with Gasteiger partial charge in [0.2, 0.25) is 10.0 Å². The predicted molar refractivity (Wildman–Crippen MR) is 116 cm³/mol. The normalized spacial score (nSPS) is 11.1. The minimum Gasteiger partial charge on any atom is -0.489 e. The second-order valence-electron chi connectivity index (χ2n) is 6.59. The molecule has 0 aliphatic carbocycles. The zero-order chi connectivity index (χ0) is 21.4. The number of hydrogen-bond donors (Lipinski definition) is 2. The Morgan fingerprint density at radius 2 is 1.57 bits per heavy atom. The zero-order valence-corrected chi connectivity index (χ0v) is 17.5. The van der Waals surface area contributed by atoms with Gasteiger partial charge >= 0.3 is 0 Å². The molecule has 3 aromatic rings. The molecule has 0 bridgehead atoms. The van der Waals surface area contributed by atoms with Crippen molar-refractivity contribution in [2.45, 2.75) is 25.0 Å². The summed E-state index contributed by atoms with van der Waals surface area (Å²) in [6, 6.07) is 23.2. The number of ether oxygens (including phenoxy) is 1. The number of amides is 1. The van der Waals surface area contributed by atoms with Crippen molar-refractivity contribution in [3.05, 3.63) is 95.6 Å². The summed E-state index contributed by atoms with van der Waals surface area (Å²) in [5.41, 5.74) is 2.30. The van der Waals surface area contributed by atoms with Crippen molar-refractivity contribution >= 4 is 15.9 Å². The van der Waals surface area contributed by atoms with E-state index in [4.69, 9.17) is 4.74 Å². The van der Waals surface area contributed by atoms with E-state index in [1.54, 1.807) is 6.92 Å². The van der Waals surface area contributed by atoms with Crippen molar-refractivity contribution in [2.24, 2.45) is 0 Å². The summed E-state index contributed by atoms with van der Waals surface area (Å²) in [4.78, 5) is 12.6. The molecule has 7 heteroatoms. The van der Waals surface area contributed by atoms with Gasteiger partial charge in [0, 0.05) is 24.2 Å². The maximum absolute atomic E-state index is 12.5. The molecule has 0 unspecified atom stereocenters. The summed E-state index contributed by atoms with van der Waals surface area (Å²) in [6.07, 6.45) is 0. The summed E-state index contributed by atoms with van der Waals surface area (Å²) < 4.78 is 32.3. The highest BCUT2D eigenvalue weighted by atomic mass is 32.2. The lowest BCUT2D eigenvalue weighted by Crippen LogP contribution is -2.24. The smallest absolute Gasteiger partial charge is 0.251 e. The van der Waals surface area contributed by atoms with Crippen LogP contribution in [-0.2, 0) is 23.2 Å². The third kappa shape index (κ3) is 5.68. The number of nitrogens with one attached hydrogen (secondary N) is 2. The Balaban J connectivity index is 1.62. The van der Waals surface area contributed by atoms with Gasteiger partial charge in [0.15, 0.2) is 0 Å². The minimum absolute atomic E-state index is 0.126. The molecule has 0 fully saturated rings. The maximum Gasteiger partial charge on any atom is 0.251 e. The first kappa shape index (κ1) is 21.5. The van der Waals surface area contributed by atoms with Gasteiger partial charge in [-0.3, -0.25) is 4.79 Å². The van der Waals surface area contributed by atoms with Gasteiger partial charge in [-0.1, -0.05) is 55.5 Å².